The Kier molecular flexibility index (Phi) is 2.20. The van der Waals surface area contributed by atoms with Gasteiger partial charge in [-0.25, -0.2) is 0 Å². The van der Waals surface area contributed by atoms with Gasteiger partial charge >= 0.3 is 5.88 Å². The highest BCUT2D eigenvalue weighted by Gasteiger charge is 2.15. The Hall–Kier alpha value is -1.07. The highest BCUT2D eigenvalue weighted by atomic mass is 79.9. The summed E-state index contributed by atoms with van der Waals surface area (Å²) < 4.78 is 5.72. The molecule has 0 spiro atoms. The number of nitrogens with zero attached hydrogens (tertiary/aromatic N) is 1. The largest absolute Gasteiger partial charge is 0.434 e. The van der Waals surface area contributed by atoms with Crippen LogP contribution < -0.4 is 0 Å². The van der Waals surface area contributed by atoms with Gasteiger partial charge in [-0.3, -0.25) is 10.1 Å². The summed E-state index contributed by atoms with van der Waals surface area (Å²) in [6, 6.07) is 4.67. The van der Waals surface area contributed by atoms with Crippen LogP contribution in [0.2, 0.25) is 5.02 Å². The number of furan rings is 1. The van der Waals surface area contributed by atoms with E-state index in [2.05, 4.69) is 15.9 Å². The SMILES string of the molecule is O=[N+]([O-])c1cc2cc(Br)cc(Cl)c2o1. The smallest absolute Gasteiger partial charge is 0.399 e. The van der Waals surface area contributed by atoms with Crippen molar-refractivity contribution in [2.45, 2.75) is 0 Å². The summed E-state index contributed by atoms with van der Waals surface area (Å²) in [5.74, 6) is -0.306. The number of hydrogen-bond donors (Lipinski definition) is 0. The van der Waals surface area contributed by atoms with Gasteiger partial charge in [-0.1, -0.05) is 27.5 Å². The first-order valence-corrected chi connectivity index (χ1v) is 4.78. The molecule has 1 aromatic carbocycles. The van der Waals surface area contributed by atoms with Crippen LogP contribution in [-0.2, 0) is 0 Å². The van der Waals surface area contributed by atoms with Gasteiger partial charge in [0.25, 0.3) is 0 Å². The topological polar surface area (TPSA) is 56.3 Å². The molecular weight excluding hydrogens is 273 g/mol. The predicted octanol–water partition coefficient (Wildman–Crippen LogP) is 3.76. The first-order valence-electron chi connectivity index (χ1n) is 3.61. The molecule has 14 heavy (non-hydrogen) atoms. The zero-order chi connectivity index (χ0) is 10.3. The summed E-state index contributed by atoms with van der Waals surface area (Å²) in [5, 5.41) is 11.4. The van der Waals surface area contributed by atoms with Crippen LogP contribution in [0, 0.1) is 10.1 Å². The van der Waals surface area contributed by atoms with Gasteiger partial charge in [-0.15, -0.1) is 0 Å². The van der Waals surface area contributed by atoms with Crippen molar-refractivity contribution in [2.75, 3.05) is 0 Å². The van der Waals surface area contributed by atoms with Crippen molar-refractivity contribution in [2.24, 2.45) is 0 Å². The van der Waals surface area contributed by atoms with Crippen LogP contribution in [-0.4, -0.2) is 4.92 Å². The molecule has 2 rings (SSSR count). The van der Waals surface area contributed by atoms with Crippen LogP contribution in [0.5, 0.6) is 0 Å². The molecule has 6 heteroatoms. The monoisotopic (exact) mass is 275 g/mol. The van der Waals surface area contributed by atoms with Gasteiger partial charge in [-0.05, 0) is 12.1 Å². The highest BCUT2D eigenvalue weighted by Crippen LogP contribution is 2.33. The molecule has 0 saturated heterocycles. The van der Waals surface area contributed by atoms with E-state index in [1.165, 1.54) is 6.07 Å². The van der Waals surface area contributed by atoms with Gasteiger partial charge in [0.2, 0.25) is 0 Å². The van der Waals surface area contributed by atoms with Crippen molar-refractivity contribution in [1.29, 1.82) is 0 Å². The van der Waals surface area contributed by atoms with E-state index in [1.807, 2.05) is 0 Å². The average Bonchev–Trinajstić information content (AvgIpc) is 2.47. The maximum Gasteiger partial charge on any atom is 0.434 e. The summed E-state index contributed by atoms with van der Waals surface area (Å²) in [5.41, 5.74) is 0.335. The fraction of sp³-hybridized carbons (Fsp3) is 0. The van der Waals surface area contributed by atoms with Crippen molar-refractivity contribution in [3.05, 3.63) is 37.8 Å². The minimum atomic E-state index is -0.593. The summed E-state index contributed by atoms with van der Waals surface area (Å²) in [7, 11) is 0. The second-order valence-electron chi connectivity index (χ2n) is 2.65. The van der Waals surface area contributed by atoms with Crippen LogP contribution in [0.15, 0.2) is 27.1 Å². The number of nitro groups is 1. The van der Waals surface area contributed by atoms with E-state index in [4.69, 9.17) is 16.0 Å². The molecule has 72 valence electrons. The molecule has 0 fully saturated rings. The van der Waals surface area contributed by atoms with E-state index in [-0.39, 0.29) is 5.88 Å². The molecule has 0 aliphatic heterocycles. The lowest BCUT2D eigenvalue weighted by atomic mass is 10.2. The zero-order valence-corrected chi connectivity index (χ0v) is 9.00. The summed E-state index contributed by atoms with van der Waals surface area (Å²) >= 11 is 9.07. The van der Waals surface area contributed by atoms with E-state index in [9.17, 15) is 10.1 Å². The molecule has 4 nitrogen and oxygen atoms in total. The van der Waals surface area contributed by atoms with Crippen molar-refractivity contribution >= 4 is 44.4 Å². The van der Waals surface area contributed by atoms with Gasteiger partial charge in [0, 0.05) is 9.86 Å². The number of rotatable bonds is 1. The number of fused-ring (bicyclic) bond motifs is 1. The third-order valence-electron chi connectivity index (χ3n) is 1.70. The molecule has 0 aliphatic carbocycles. The lowest BCUT2D eigenvalue weighted by Gasteiger charge is -1.92. The molecular formula is C8H3BrClNO3. The van der Waals surface area contributed by atoms with Crippen molar-refractivity contribution in [1.82, 2.24) is 0 Å². The van der Waals surface area contributed by atoms with Crippen molar-refractivity contribution < 1.29 is 9.34 Å². The Balaban J connectivity index is 2.76. The van der Waals surface area contributed by atoms with Crippen LogP contribution in [0.4, 0.5) is 5.88 Å². The number of hydrogen-bond acceptors (Lipinski definition) is 3. The molecule has 1 aromatic heterocycles. The summed E-state index contributed by atoms with van der Waals surface area (Å²) in [4.78, 5) is 9.83. The fourth-order valence-electron chi connectivity index (χ4n) is 1.15. The van der Waals surface area contributed by atoms with Crippen LogP contribution in [0.3, 0.4) is 0 Å². The third-order valence-corrected chi connectivity index (χ3v) is 2.44. The second kappa shape index (κ2) is 3.25. The molecule has 0 atom stereocenters. The Morgan fingerprint density at radius 3 is 2.79 bits per heavy atom. The van der Waals surface area contributed by atoms with Crippen molar-refractivity contribution in [3.8, 4) is 0 Å². The third kappa shape index (κ3) is 1.49. The van der Waals surface area contributed by atoms with E-state index in [0.29, 0.717) is 16.0 Å². The Bertz CT molecular complexity index is 523. The van der Waals surface area contributed by atoms with Crippen LogP contribution in [0.25, 0.3) is 11.0 Å². The minimum Gasteiger partial charge on any atom is -0.399 e. The Morgan fingerprint density at radius 1 is 1.43 bits per heavy atom. The first-order chi connectivity index (χ1) is 6.58. The molecule has 0 amide bonds. The molecule has 0 unspecified atom stereocenters. The quantitative estimate of drug-likeness (QED) is 0.588. The van der Waals surface area contributed by atoms with E-state index in [0.717, 1.165) is 4.47 Å². The second-order valence-corrected chi connectivity index (χ2v) is 3.97. The maximum atomic E-state index is 10.4. The van der Waals surface area contributed by atoms with E-state index in [1.54, 1.807) is 12.1 Å². The lowest BCUT2D eigenvalue weighted by molar-refractivity contribution is -0.401. The van der Waals surface area contributed by atoms with Crippen LogP contribution in [0.1, 0.15) is 0 Å². The molecule has 0 radical (unpaired) electrons. The minimum absolute atomic E-state index is 0.306. The molecule has 2 aromatic rings. The normalized spacial score (nSPS) is 10.7. The Labute approximate surface area is 91.7 Å². The summed E-state index contributed by atoms with van der Waals surface area (Å²) in [6.45, 7) is 0. The van der Waals surface area contributed by atoms with Crippen LogP contribution >= 0.6 is 27.5 Å². The van der Waals surface area contributed by atoms with Gasteiger partial charge in [-0.2, -0.15) is 0 Å². The molecule has 0 bridgehead atoms. The predicted molar refractivity (Wildman–Crippen MR) is 55.6 cm³/mol. The van der Waals surface area contributed by atoms with Crippen molar-refractivity contribution in [3.63, 3.8) is 0 Å². The maximum absolute atomic E-state index is 10.4. The summed E-state index contributed by atoms with van der Waals surface area (Å²) in [6.07, 6.45) is 0. The van der Waals surface area contributed by atoms with Gasteiger partial charge in [0.15, 0.2) is 5.58 Å². The highest BCUT2D eigenvalue weighted by molar-refractivity contribution is 9.10. The first kappa shape index (κ1) is 9.48. The molecule has 0 aliphatic rings. The fourth-order valence-corrected chi connectivity index (χ4v) is 2.02. The zero-order valence-electron chi connectivity index (χ0n) is 6.66. The van der Waals surface area contributed by atoms with E-state index < -0.39 is 4.92 Å². The number of halogens is 2. The lowest BCUT2D eigenvalue weighted by Crippen LogP contribution is -1.82. The Morgan fingerprint density at radius 2 is 2.14 bits per heavy atom. The molecule has 1 heterocycles. The number of benzene rings is 1. The van der Waals surface area contributed by atoms with Gasteiger partial charge in [0.05, 0.1) is 11.1 Å². The van der Waals surface area contributed by atoms with Gasteiger partial charge < -0.3 is 4.42 Å². The molecule has 0 saturated carbocycles. The standard InChI is InChI=1S/C8H3BrClNO3/c9-5-1-4-2-7(11(12)13)14-8(4)6(10)3-5/h1-3H. The van der Waals surface area contributed by atoms with Gasteiger partial charge in [0.1, 0.15) is 4.92 Å². The molecule has 0 N–H and O–H groups in total. The van der Waals surface area contributed by atoms with E-state index >= 15 is 0 Å². The average molecular weight is 276 g/mol.